The van der Waals surface area contributed by atoms with Crippen molar-refractivity contribution in [3.8, 4) is 0 Å². The van der Waals surface area contributed by atoms with Crippen LogP contribution in [-0.2, 0) is 10.8 Å². The number of benzene rings is 1. The average molecular weight is 280 g/mol. The lowest BCUT2D eigenvalue weighted by atomic mass is 9.81. The first kappa shape index (κ1) is 14.7. The molecule has 1 unspecified atom stereocenters. The summed E-state index contributed by atoms with van der Waals surface area (Å²) < 4.78 is 12.7. The van der Waals surface area contributed by atoms with Gasteiger partial charge < -0.3 is 5.11 Å². The Morgan fingerprint density at radius 1 is 1.21 bits per heavy atom. The summed E-state index contributed by atoms with van der Waals surface area (Å²) in [7, 11) is -1.12. The SMILES string of the molecule is CC[C@H](S(=O)c1ccc(C)cc1)C1(O)CCCCC1. The Kier molecular flexibility index (Phi) is 4.80. The minimum atomic E-state index is -1.12. The summed E-state index contributed by atoms with van der Waals surface area (Å²) in [6, 6.07) is 7.84. The number of aryl methyl sites for hydroxylation is 1. The normalized spacial score (nSPS) is 21.8. The van der Waals surface area contributed by atoms with Crippen LogP contribution in [0.3, 0.4) is 0 Å². The van der Waals surface area contributed by atoms with Crippen molar-refractivity contribution in [1.82, 2.24) is 0 Å². The number of hydrogen-bond donors (Lipinski definition) is 1. The summed E-state index contributed by atoms with van der Waals surface area (Å²) in [5.41, 5.74) is 0.438. The van der Waals surface area contributed by atoms with Gasteiger partial charge in [0.1, 0.15) is 0 Å². The highest BCUT2D eigenvalue weighted by Crippen LogP contribution is 2.36. The van der Waals surface area contributed by atoms with Crippen LogP contribution in [0, 0.1) is 6.92 Å². The molecule has 0 aliphatic heterocycles. The molecule has 19 heavy (non-hydrogen) atoms. The van der Waals surface area contributed by atoms with Gasteiger partial charge in [0, 0.05) is 4.90 Å². The monoisotopic (exact) mass is 280 g/mol. The highest BCUT2D eigenvalue weighted by Gasteiger charge is 2.40. The van der Waals surface area contributed by atoms with Crippen molar-refractivity contribution in [1.29, 1.82) is 0 Å². The third-order valence-corrected chi connectivity index (χ3v) is 6.23. The topological polar surface area (TPSA) is 37.3 Å². The lowest BCUT2D eigenvalue weighted by Crippen LogP contribution is -2.46. The Bertz CT molecular complexity index is 433. The first-order valence-corrected chi connectivity index (χ1v) is 8.48. The van der Waals surface area contributed by atoms with Gasteiger partial charge >= 0.3 is 0 Å². The summed E-state index contributed by atoms with van der Waals surface area (Å²) in [6.07, 6.45) is 5.65. The van der Waals surface area contributed by atoms with E-state index >= 15 is 0 Å². The predicted molar refractivity (Wildman–Crippen MR) is 79.7 cm³/mol. The molecule has 0 aromatic heterocycles. The lowest BCUT2D eigenvalue weighted by Gasteiger charge is -2.38. The molecule has 1 fully saturated rings. The highest BCUT2D eigenvalue weighted by atomic mass is 32.2. The van der Waals surface area contributed by atoms with E-state index in [-0.39, 0.29) is 5.25 Å². The van der Waals surface area contributed by atoms with Crippen LogP contribution in [0.15, 0.2) is 29.2 Å². The number of rotatable bonds is 4. The minimum Gasteiger partial charge on any atom is -0.389 e. The smallest absolute Gasteiger partial charge is 0.0794 e. The molecule has 106 valence electrons. The fourth-order valence-corrected chi connectivity index (χ4v) is 4.72. The van der Waals surface area contributed by atoms with Gasteiger partial charge in [-0.25, -0.2) is 0 Å². The Hall–Kier alpha value is -0.670. The van der Waals surface area contributed by atoms with Crippen LogP contribution >= 0.6 is 0 Å². The first-order valence-electron chi connectivity index (χ1n) is 7.26. The van der Waals surface area contributed by atoms with Gasteiger partial charge in [-0.3, -0.25) is 4.21 Å². The van der Waals surface area contributed by atoms with Gasteiger partial charge in [-0.05, 0) is 38.3 Å². The molecule has 0 bridgehead atoms. The van der Waals surface area contributed by atoms with E-state index in [2.05, 4.69) is 0 Å². The van der Waals surface area contributed by atoms with Crippen molar-refractivity contribution in [2.75, 3.05) is 0 Å². The Morgan fingerprint density at radius 3 is 2.32 bits per heavy atom. The third kappa shape index (κ3) is 3.26. The summed E-state index contributed by atoms with van der Waals surface area (Å²) in [5, 5.41) is 10.7. The van der Waals surface area contributed by atoms with E-state index in [1.807, 2.05) is 38.1 Å². The first-order chi connectivity index (χ1) is 9.07. The molecule has 1 aliphatic rings. The molecule has 3 heteroatoms. The van der Waals surface area contributed by atoms with Gasteiger partial charge in [-0.1, -0.05) is 43.9 Å². The Labute approximate surface area is 118 Å². The Balaban J connectivity index is 2.21. The number of hydrogen-bond acceptors (Lipinski definition) is 2. The van der Waals surface area contributed by atoms with E-state index in [4.69, 9.17) is 0 Å². The van der Waals surface area contributed by atoms with Crippen molar-refractivity contribution < 1.29 is 9.32 Å². The van der Waals surface area contributed by atoms with Gasteiger partial charge in [0.25, 0.3) is 0 Å². The third-order valence-electron chi connectivity index (χ3n) is 4.20. The molecule has 1 N–H and O–H groups in total. The molecule has 1 aliphatic carbocycles. The average Bonchev–Trinajstić information content (AvgIpc) is 2.40. The second-order valence-corrected chi connectivity index (χ2v) is 7.31. The van der Waals surface area contributed by atoms with Crippen molar-refractivity contribution in [3.63, 3.8) is 0 Å². The molecular weight excluding hydrogens is 256 g/mol. The van der Waals surface area contributed by atoms with Gasteiger partial charge in [0.05, 0.1) is 21.7 Å². The predicted octanol–water partition coefficient (Wildman–Crippen LogP) is 3.58. The summed E-state index contributed by atoms with van der Waals surface area (Å²) in [6.45, 7) is 4.06. The van der Waals surface area contributed by atoms with Crippen LogP contribution < -0.4 is 0 Å². The van der Waals surface area contributed by atoms with Crippen LogP contribution in [0.5, 0.6) is 0 Å². The van der Waals surface area contributed by atoms with Crippen LogP contribution in [0.2, 0.25) is 0 Å². The highest BCUT2D eigenvalue weighted by molar-refractivity contribution is 7.85. The maximum Gasteiger partial charge on any atom is 0.0794 e. The van der Waals surface area contributed by atoms with Gasteiger partial charge in [0.2, 0.25) is 0 Å². The molecule has 0 amide bonds. The fraction of sp³-hybridized carbons (Fsp3) is 0.625. The van der Waals surface area contributed by atoms with E-state index in [9.17, 15) is 9.32 Å². The maximum atomic E-state index is 12.7. The summed E-state index contributed by atoms with van der Waals surface area (Å²) in [4.78, 5) is 0.844. The van der Waals surface area contributed by atoms with E-state index in [0.29, 0.717) is 0 Å². The van der Waals surface area contributed by atoms with Crippen LogP contribution in [-0.4, -0.2) is 20.2 Å². The quantitative estimate of drug-likeness (QED) is 0.915. The molecule has 2 atom stereocenters. The largest absolute Gasteiger partial charge is 0.389 e. The molecule has 2 rings (SSSR count). The number of aliphatic hydroxyl groups is 1. The second kappa shape index (κ2) is 6.19. The van der Waals surface area contributed by atoms with Crippen LogP contribution in [0.1, 0.15) is 51.0 Å². The molecule has 0 radical (unpaired) electrons. The molecule has 2 nitrogen and oxygen atoms in total. The molecule has 1 aromatic rings. The lowest BCUT2D eigenvalue weighted by molar-refractivity contribution is 0.000290. The van der Waals surface area contributed by atoms with E-state index in [1.165, 1.54) is 12.0 Å². The molecule has 1 saturated carbocycles. The minimum absolute atomic E-state index is 0.143. The molecular formula is C16H24O2S. The molecule has 1 aromatic carbocycles. The van der Waals surface area contributed by atoms with E-state index < -0.39 is 16.4 Å². The van der Waals surface area contributed by atoms with Gasteiger partial charge in [-0.2, -0.15) is 0 Å². The van der Waals surface area contributed by atoms with Crippen LogP contribution in [0.4, 0.5) is 0 Å². The zero-order valence-electron chi connectivity index (χ0n) is 11.9. The maximum absolute atomic E-state index is 12.7. The molecule has 0 saturated heterocycles. The Morgan fingerprint density at radius 2 is 1.79 bits per heavy atom. The van der Waals surface area contributed by atoms with Crippen LogP contribution in [0.25, 0.3) is 0 Å². The van der Waals surface area contributed by atoms with E-state index in [0.717, 1.165) is 37.0 Å². The molecule has 0 heterocycles. The van der Waals surface area contributed by atoms with Gasteiger partial charge in [-0.15, -0.1) is 0 Å². The standard InChI is InChI=1S/C16H24O2S/c1-3-15(16(17)11-5-4-6-12-16)19(18)14-9-7-13(2)8-10-14/h7-10,15,17H,3-6,11-12H2,1-2H3/t15-,19?/m0/s1. The zero-order valence-corrected chi connectivity index (χ0v) is 12.7. The molecule has 0 spiro atoms. The van der Waals surface area contributed by atoms with E-state index in [1.54, 1.807) is 0 Å². The van der Waals surface area contributed by atoms with Crippen molar-refractivity contribution in [3.05, 3.63) is 29.8 Å². The van der Waals surface area contributed by atoms with Crippen molar-refractivity contribution in [2.24, 2.45) is 0 Å². The summed E-state index contributed by atoms with van der Waals surface area (Å²) in [5.74, 6) is 0. The second-order valence-electron chi connectivity index (χ2n) is 5.67. The van der Waals surface area contributed by atoms with Crippen molar-refractivity contribution in [2.45, 2.75) is 68.1 Å². The van der Waals surface area contributed by atoms with Crippen molar-refractivity contribution >= 4 is 10.8 Å². The fourth-order valence-electron chi connectivity index (χ4n) is 3.05. The zero-order chi connectivity index (χ0) is 13.9. The summed E-state index contributed by atoms with van der Waals surface area (Å²) >= 11 is 0. The van der Waals surface area contributed by atoms with Gasteiger partial charge in [0.15, 0.2) is 0 Å².